The van der Waals surface area contributed by atoms with Gasteiger partial charge >= 0.3 is 18.2 Å². The minimum Gasteiger partial charge on any atom is -0.484 e. The second-order valence-electron chi connectivity index (χ2n) is 9.21. The van der Waals surface area contributed by atoms with Gasteiger partial charge in [0.2, 0.25) is 0 Å². The number of fused-ring (bicyclic) bond motifs is 1. The minimum atomic E-state index is -4.41. The molecule has 0 radical (unpaired) electrons. The van der Waals surface area contributed by atoms with Gasteiger partial charge in [0.15, 0.2) is 6.61 Å². The Morgan fingerprint density at radius 3 is 2.39 bits per heavy atom. The first kappa shape index (κ1) is 25.4. The van der Waals surface area contributed by atoms with E-state index in [2.05, 4.69) is 24.9 Å². The van der Waals surface area contributed by atoms with Crippen LogP contribution in [0.3, 0.4) is 0 Å². The number of alkyl halides is 3. The van der Waals surface area contributed by atoms with Crippen LogP contribution in [0.1, 0.15) is 32.1 Å². The lowest BCUT2D eigenvalue weighted by atomic mass is 9.85. The average molecular weight is 528 g/mol. The third-order valence-electron chi connectivity index (χ3n) is 6.35. The molecule has 0 aliphatic heterocycles. The first-order valence-corrected chi connectivity index (χ1v) is 12.1. The highest BCUT2D eigenvalue weighted by molar-refractivity contribution is 5.80. The molecule has 9 nitrogen and oxygen atoms in total. The summed E-state index contributed by atoms with van der Waals surface area (Å²) in [4.78, 5) is 31.5. The van der Waals surface area contributed by atoms with Crippen molar-refractivity contribution in [2.24, 2.45) is 5.92 Å². The predicted octanol–water partition coefficient (Wildman–Crippen LogP) is 5.44. The summed E-state index contributed by atoms with van der Waals surface area (Å²) in [6.07, 6.45) is 3.81. The van der Waals surface area contributed by atoms with Crippen LogP contribution >= 0.6 is 0 Å². The summed E-state index contributed by atoms with van der Waals surface area (Å²) in [7, 11) is 0. The van der Waals surface area contributed by atoms with Crippen molar-refractivity contribution < 1.29 is 32.5 Å². The van der Waals surface area contributed by atoms with Gasteiger partial charge in [-0.3, -0.25) is 9.78 Å². The third-order valence-corrected chi connectivity index (χ3v) is 6.35. The molecular weight excluding hydrogens is 503 g/mol. The number of aliphatic carboxylic acids is 1. The fourth-order valence-electron chi connectivity index (χ4n) is 4.44. The summed E-state index contributed by atoms with van der Waals surface area (Å²) in [5, 5.41) is 8.94. The largest absolute Gasteiger partial charge is 0.484 e. The van der Waals surface area contributed by atoms with E-state index in [1.54, 1.807) is 30.7 Å². The molecule has 0 atom stereocenters. The Morgan fingerprint density at radius 2 is 1.74 bits per heavy atom. The predicted molar refractivity (Wildman–Crippen MR) is 131 cm³/mol. The number of H-pyrrole nitrogens is 1. The van der Waals surface area contributed by atoms with Gasteiger partial charge in [-0.15, -0.1) is 0 Å². The fraction of sp³-hybridized carbons (Fsp3) is 0.346. The molecule has 0 unspecified atom stereocenters. The number of benzene rings is 1. The van der Waals surface area contributed by atoms with E-state index < -0.39 is 18.8 Å². The van der Waals surface area contributed by atoms with Gasteiger partial charge in [0, 0.05) is 42.2 Å². The second kappa shape index (κ2) is 10.6. The highest BCUT2D eigenvalue weighted by atomic mass is 19.4. The summed E-state index contributed by atoms with van der Waals surface area (Å²) in [5.74, 6) is 0.0421. The molecule has 3 heterocycles. The van der Waals surface area contributed by atoms with E-state index in [1.807, 2.05) is 6.07 Å². The molecule has 1 aromatic carbocycles. The fourth-order valence-corrected chi connectivity index (χ4v) is 4.44. The van der Waals surface area contributed by atoms with E-state index in [0.717, 1.165) is 25.7 Å². The van der Waals surface area contributed by atoms with E-state index in [4.69, 9.17) is 14.6 Å². The zero-order valence-electron chi connectivity index (χ0n) is 20.1. The molecule has 2 N–H and O–H groups in total. The van der Waals surface area contributed by atoms with Crippen LogP contribution in [0.4, 0.5) is 13.2 Å². The van der Waals surface area contributed by atoms with Crippen molar-refractivity contribution in [3.63, 3.8) is 0 Å². The van der Waals surface area contributed by atoms with Gasteiger partial charge in [-0.05, 0) is 55.9 Å². The van der Waals surface area contributed by atoms with Gasteiger partial charge < -0.3 is 19.6 Å². The highest BCUT2D eigenvalue weighted by Crippen LogP contribution is 2.30. The van der Waals surface area contributed by atoms with Crippen LogP contribution in [-0.4, -0.2) is 54.9 Å². The first-order chi connectivity index (χ1) is 18.2. The molecule has 1 saturated carbocycles. The molecule has 12 heteroatoms. The maximum atomic E-state index is 12.4. The molecule has 0 spiro atoms. The number of ether oxygens (including phenoxy) is 2. The molecule has 198 valence electrons. The van der Waals surface area contributed by atoms with E-state index in [9.17, 15) is 18.0 Å². The SMILES string of the molecule is O=C(O)CC1CCC(Oc2ncc(-c3ccc(-c4nc5ccc(OCC(F)(F)F)cc5[nH]4)cn3)cn2)CC1. The number of aromatic amines is 1. The van der Waals surface area contributed by atoms with Crippen molar-refractivity contribution in [2.45, 2.75) is 44.4 Å². The van der Waals surface area contributed by atoms with E-state index >= 15 is 0 Å². The number of carboxylic acids is 1. The average Bonchev–Trinajstić information content (AvgIpc) is 3.32. The Labute approximate surface area is 215 Å². The van der Waals surface area contributed by atoms with Crippen molar-refractivity contribution in [3.05, 3.63) is 48.9 Å². The van der Waals surface area contributed by atoms with Crippen LogP contribution in [0, 0.1) is 5.92 Å². The molecule has 1 aliphatic rings. The van der Waals surface area contributed by atoms with Crippen molar-refractivity contribution >= 4 is 17.0 Å². The maximum Gasteiger partial charge on any atom is 0.422 e. The normalized spacial score (nSPS) is 17.9. The van der Waals surface area contributed by atoms with Gasteiger partial charge in [0.1, 0.15) is 17.7 Å². The zero-order valence-corrected chi connectivity index (χ0v) is 20.1. The Balaban J connectivity index is 1.21. The van der Waals surface area contributed by atoms with E-state index in [1.165, 1.54) is 12.1 Å². The number of hydrogen-bond acceptors (Lipinski definition) is 7. The molecule has 38 heavy (non-hydrogen) atoms. The minimum absolute atomic E-state index is 0.0283. The van der Waals surface area contributed by atoms with Crippen LogP contribution in [0.5, 0.6) is 11.8 Å². The van der Waals surface area contributed by atoms with Crippen molar-refractivity contribution in [1.29, 1.82) is 0 Å². The van der Waals surface area contributed by atoms with Gasteiger partial charge in [-0.1, -0.05) is 0 Å². The topological polar surface area (TPSA) is 123 Å². The molecule has 5 rings (SSSR count). The summed E-state index contributed by atoms with van der Waals surface area (Å²) in [6, 6.07) is 8.39. The number of nitrogens with zero attached hydrogens (tertiary/aromatic N) is 4. The number of carboxylic acid groups (broad SMARTS) is 1. The second-order valence-corrected chi connectivity index (χ2v) is 9.21. The third kappa shape index (κ3) is 6.36. The van der Waals surface area contributed by atoms with Gasteiger partial charge in [0.05, 0.1) is 16.7 Å². The van der Waals surface area contributed by atoms with Crippen molar-refractivity contribution in [2.75, 3.05) is 6.61 Å². The Morgan fingerprint density at radius 1 is 1.00 bits per heavy atom. The van der Waals surface area contributed by atoms with E-state index in [0.29, 0.717) is 33.7 Å². The Bertz CT molecular complexity index is 1400. The number of pyridine rings is 1. The molecule has 3 aromatic heterocycles. The standard InChI is InChI=1S/C26H24F3N5O4/c27-26(28,29)14-37-19-6-8-21-22(10-19)34-24(33-21)16-3-7-20(30-11-16)17-12-31-25(32-13-17)38-18-4-1-15(2-5-18)9-23(35)36/h3,6-8,10-13,15,18H,1-2,4-5,9,14H2,(H,33,34)(H,35,36). The Kier molecular flexibility index (Phi) is 7.12. The molecule has 1 fully saturated rings. The van der Waals surface area contributed by atoms with Crippen LogP contribution in [-0.2, 0) is 4.79 Å². The zero-order chi connectivity index (χ0) is 26.7. The van der Waals surface area contributed by atoms with E-state index in [-0.39, 0.29) is 30.2 Å². The van der Waals surface area contributed by atoms with Gasteiger partial charge in [0.25, 0.3) is 0 Å². The lowest BCUT2D eigenvalue weighted by molar-refractivity contribution is -0.153. The molecule has 0 saturated heterocycles. The number of rotatable bonds is 8. The number of imidazole rings is 1. The first-order valence-electron chi connectivity index (χ1n) is 12.1. The van der Waals surface area contributed by atoms with Crippen molar-refractivity contribution in [3.8, 4) is 34.4 Å². The van der Waals surface area contributed by atoms with Gasteiger partial charge in [-0.25, -0.2) is 15.0 Å². The summed E-state index contributed by atoms with van der Waals surface area (Å²) in [6.45, 7) is -1.36. The number of halogens is 3. The number of carbonyl (C=O) groups is 1. The summed E-state index contributed by atoms with van der Waals surface area (Å²) < 4.78 is 47.9. The lowest BCUT2D eigenvalue weighted by Gasteiger charge is -2.27. The number of aromatic nitrogens is 5. The summed E-state index contributed by atoms with van der Waals surface area (Å²) >= 11 is 0. The smallest absolute Gasteiger partial charge is 0.422 e. The Hall–Kier alpha value is -4.22. The van der Waals surface area contributed by atoms with Crippen LogP contribution in [0.25, 0.3) is 33.7 Å². The number of hydrogen-bond donors (Lipinski definition) is 2. The van der Waals surface area contributed by atoms with Crippen molar-refractivity contribution in [1.82, 2.24) is 24.9 Å². The number of nitrogens with one attached hydrogen (secondary N) is 1. The molecule has 0 bridgehead atoms. The molecule has 1 aliphatic carbocycles. The van der Waals surface area contributed by atoms with Gasteiger partial charge in [-0.2, -0.15) is 13.2 Å². The molecule has 4 aromatic rings. The maximum absolute atomic E-state index is 12.4. The van der Waals surface area contributed by atoms with Crippen LogP contribution < -0.4 is 9.47 Å². The molecular formula is C26H24F3N5O4. The molecule has 0 amide bonds. The quantitative estimate of drug-likeness (QED) is 0.311. The van der Waals surface area contributed by atoms with Crippen LogP contribution in [0.15, 0.2) is 48.9 Å². The summed E-state index contributed by atoms with van der Waals surface area (Å²) in [5.41, 5.74) is 3.17. The van der Waals surface area contributed by atoms with Crippen LogP contribution in [0.2, 0.25) is 0 Å². The highest BCUT2D eigenvalue weighted by Gasteiger charge is 2.28. The lowest BCUT2D eigenvalue weighted by Crippen LogP contribution is -2.25. The monoisotopic (exact) mass is 527 g/mol.